The second-order valence-electron chi connectivity index (χ2n) is 6.23. The largest absolute Gasteiger partial charge is 0.506 e. The summed E-state index contributed by atoms with van der Waals surface area (Å²) in [6.07, 6.45) is 2.79. The number of phenolic OH excluding ortho intramolecular Hbond substituents is 1. The van der Waals surface area contributed by atoms with E-state index in [-0.39, 0.29) is 80.5 Å². The molecular weight excluding hydrogens is 377 g/mol. The fourth-order valence-electron chi connectivity index (χ4n) is 2.50. The first-order valence-electron chi connectivity index (χ1n) is 9.10. The van der Waals surface area contributed by atoms with Crippen LogP contribution in [-0.2, 0) is 30.2 Å². The van der Waals surface area contributed by atoms with Crippen LogP contribution in [0.2, 0.25) is 0 Å². The molecule has 4 amide bonds. The minimum Gasteiger partial charge on any atom is -0.506 e. The van der Waals surface area contributed by atoms with E-state index in [0.29, 0.717) is 0 Å². The molecule has 0 aromatic heterocycles. The highest BCUT2D eigenvalue weighted by Crippen LogP contribution is 2.24. The SMILES string of the molecule is [B]Cc1ccc(O)c(NC(=O)CCNC(=O)CCOCCN2C(=O)C=CC2=O)c1. The van der Waals surface area contributed by atoms with Crippen LogP contribution in [0.5, 0.6) is 5.75 Å². The molecule has 1 aromatic rings. The third-order valence-electron chi connectivity index (χ3n) is 4.08. The van der Waals surface area contributed by atoms with Gasteiger partial charge in [0.25, 0.3) is 11.8 Å². The van der Waals surface area contributed by atoms with E-state index in [4.69, 9.17) is 12.6 Å². The van der Waals surface area contributed by atoms with Crippen molar-refractivity contribution in [3.8, 4) is 5.75 Å². The van der Waals surface area contributed by atoms with E-state index in [1.807, 2.05) is 0 Å². The van der Waals surface area contributed by atoms with Crippen molar-refractivity contribution in [2.24, 2.45) is 0 Å². The number of hydrogen-bond donors (Lipinski definition) is 3. The number of benzene rings is 1. The van der Waals surface area contributed by atoms with Crippen LogP contribution < -0.4 is 10.6 Å². The Kier molecular flexibility index (Phi) is 8.41. The normalized spacial score (nSPS) is 13.0. The van der Waals surface area contributed by atoms with E-state index in [2.05, 4.69) is 10.6 Å². The fraction of sp³-hybridized carbons (Fsp3) is 0.368. The molecule has 0 spiro atoms. The summed E-state index contributed by atoms with van der Waals surface area (Å²) in [6.45, 7) is 0.525. The molecule has 9 nitrogen and oxygen atoms in total. The van der Waals surface area contributed by atoms with Crippen molar-refractivity contribution in [2.45, 2.75) is 19.2 Å². The summed E-state index contributed by atoms with van der Waals surface area (Å²) in [7, 11) is 5.53. The molecule has 1 heterocycles. The average molecular weight is 399 g/mol. The highest BCUT2D eigenvalue weighted by Gasteiger charge is 2.22. The van der Waals surface area contributed by atoms with Gasteiger partial charge in [-0.05, 0) is 12.1 Å². The first-order chi connectivity index (χ1) is 13.9. The Morgan fingerprint density at radius 3 is 2.48 bits per heavy atom. The fourth-order valence-corrected chi connectivity index (χ4v) is 2.50. The minimum absolute atomic E-state index is 0.0328. The molecule has 0 aliphatic carbocycles. The first-order valence-corrected chi connectivity index (χ1v) is 9.10. The molecule has 0 saturated heterocycles. The van der Waals surface area contributed by atoms with Gasteiger partial charge in [-0.25, -0.2) is 0 Å². The summed E-state index contributed by atoms with van der Waals surface area (Å²) in [5.74, 6) is -1.47. The molecule has 2 radical (unpaired) electrons. The number of ether oxygens (including phenoxy) is 1. The maximum atomic E-state index is 11.9. The van der Waals surface area contributed by atoms with Crippen molar-refractivity contribution >= 4 is 37.2 Å². The predicted octanol–water partition coefficient (Wildman–Crippen LogP) is -0.163. The monoisotopic (exact) mass is 399 g/mol. The number of nitrogens with zero attached hydrogens (tertiary/aromatic N) is 1. The Hall–Kier alpha value is -3.14. The Labute approximate surface area is 169 Å². The number of imide groups is 1. The van der Waals surface area contributed by atoms with Gasteiger partial charge in [0, 0.05) is 31.5 Å². The first kappa shape index (κ1) is 22.2. The highest BCUT2D eigenvalue weighted by molar-refractivity contribution is 6.12. The van der Waals surface area contributed by atoms with Gasteiger partial charge in [0.1, 0.15) is 5.75 Å². The maximum absolute atomic E-state index is 11.9. The van der Waals surface area contributed by atoms with E-state index >= 15 is 0 Å². The van der Waals surface area contributed by atoms with Gasteiger partial charge in [-0.15, -0.1) is 0 Å². The molecule has 1 aromatic carbocycles. The Bertz CT molecular complexity index is 793. The van der Waals surface area contributed by atoms with Gasteiger partial charge in [-0.1, -0.05) is 17.9 Å². The molecule has 10 heteroatoms. The van der Waals surface area contributed by atoms with E-state index in [0.717, 1.165) is 10.5 Å². The number of aromatic hydroxyl groups is 1. The zero-order chi connectivity index (χ0) is 21.2. The van der Waals surface area contributed by atoms with E-state index in [1.165, 1.54) is 18.2 Å². The Morgan fingerprint density at radius 2 is 1.79 bits per heavy atom. The third kappa shape index (κ3) is 7.07. The van der Waals surface area contributed by atoms with Gasteiger partial charge >= 0.3 is 0 Å². The number of carbonyl (C=O) groups excluding carboxylic acids is 4. The molecule has 0 atom stereocenters. The van der Waals surface area contributed by atoms with E-state index in [9.17, 15) is 24.3 Å². The van der Waals surface area contributed by atoms with Crippen molar-refractivity contribution < 1.29 is 29.0 Å². The molecule has 1 aliphatic rings. The van der Waals surface area contributed by atoms with Crippen LogP contribution in [0.3, 0.4) is 0 Å². The van der Waals surface area contributed by atoms with Crippen LogP contribution in [0.1, 0.15) is 18.4 Å². The van der Waals surface area contributed by atoms with Crippen molar-refractivity contribution in [1.82, 2.24) is 10.2 Å². The number of rotatable bonds is 11. The van der Waals surface area contributed by atoms with Gasteiger partial charge in [0.2, 0.25) is 11.8 Å². The topological polar surface area (TPSA) is 125 Å². The van der Waals surface area contributed by atoms with Crippen LogP contribution in [0, 0.1) is 0 Å². The van der Waals surface area contributed by atoms with Crippen molar-refractivity contribution in [3.05, 3.63) is 35.9 Å². The average Bonchev–Trinajstić information content (AvgIpc) is 3.01. The van der Waals surface area contributed by atoms with Gasteiger partial charge in [0.15, 0.2) is 0 Å². The zero-order valence-electron chi connectivity index (χ0n) is 15.8. The molecule has 29 heavy (non-hydrogen) atoms. The van der Waals surface area contributed by atoms with Crippen LogP contribution in [0.4, 0.5) is 5.69 Å². The molecule has 0 fully saturated rings. The second kappa shape index (κ2) is 11.0. The maximum Gasteiger partial charge on any atom is 0.253 e. The predicted molar refractivity (Wildman–Crippen MR) is 105 cm³/mol. The summed E-state index contributed by atoms with van der Waals surface area (Å²) in [5.41, 5.74) is 1.03. The number of anilines is 1. The zero-order valence-corrected chi connectivity index (χ0v) is 15.8. The molecular formula is C19H22BN3O6. The Morgan fingerprint density at radius 1 is 1.07 bits per heavy atom. The molecule has 0 saturated carbocycles. The third-order valence-corrected chi connectivity index (χ3v) is 4.08. The summed E-state index contributed by atoms with van der Waals surface area (Å²) in [6, 6.07) is 4.69. The molecule has 1 aliphatic heterocycles. The van der Waals surface area contributed by atoms with E-state index < -0.39 is 0 Å². The standard InChI is InChI=1S/C19H22BN3O6/c20-12-13-1-2-15(24)14(11-13)22-17(26)5-7-21-16(25)6-9-29-10-8-23-18(27)3-4-19(23)28/h1-4,11,24H,5-10,12H2,(H,21,25)(H,22,26). The van der Waals surface area contributed by atoms with Crippen molar-refractivity contribution in [2.75, 3.05) is 31.6 Å². The van der Waals surface area contributed by atoms with Gasteiger partial charge in [-0.2, -0.15) is 0 Å². The quantitative estimate of drug-likeness (QED) is 0.206. The number of carbonyl (C=O) groups is 4. The second-order valence-corrected chi connectivity index (χ2v) is 6.23. The molecule has 0 unspecified atom stereocenters. The summed E-state index contributed by atoms with van der Waals surface area (Å²) in [4.78, 5) is 47.4. The summed E-state index contributed by atoms with van der Waals surface area (Å²) >= 11 is 0. The number of amides is 4. The molecule has 0 bridgehead atoms. The lowest BCUT2D eigenvalue weighted by molar-refractivity contribution is -0.138. The van der Waals surface area contributed by atoms with Crippen LogP contribution in [0.25, 0.3) is 0 Å². The molecule has 3 N–H and O–H groups in total. The molecule has 152 valence electrons. The number of hydrogen-bond acceptors (Lipinski definition) is 6. The number of nitrogens with one attached hydrogen (secondary N) is 2. The lowest BCUT2D eigenvalue weighted by Gasteiger charge is -2.13. The van der Waals surface area contributed by atoms with Crippen molar-refractivity contribution in [3.63, 3.8) is 0 Å². The summed E-state index contributed by atoms with van der Waals surface area (Å²) in [5, 5.41) is 14.9. The lowest BCUT2D eigenvalue weighted by atomic mass is 9.96. The van der Waals surface area contributed by atoms with Crippen LogP contribution in [0.15, 0.2) is 30.4 Å². The smallest absolute Gasteiger partial charge is 0.253 e. The van der Waals surface area contributed by atoms with Crippen LogP contribution >= 0.6 is 0 Å². The summed E-state index contributed by atoms with van der Waals surface area (Å²) < 4.78 is 5.25. The van der Waals surface area contributed by atoms with Crippen molar-refractivity contribution in [1.29, 1.82) is 0 Å². The highest BCUT2D eigenvalue weighted by atomic mass is 16.5. The van der Waals surface area contributed by atoms with Crippen LogP contribution in [-0.4, -0.2) is 67.8 Å². The Balaban J connectivity index is 1.57. The van der Waals surface area contributed by atoms with Gasteiger partial charge in [-0.3, -0.25) is 24.1 Å². The van der Waals surface area contributed by atoms with E-state index in [1.54, 1.807) is 12.1 Å². The number of phenols is 1. The lowest BCUT2D eigenvalue weighted by Crippen LogP contribution is -2.33. The molecule has 2 rings (SSSR count). The van der Waals surface area contributed by atoms with Gasteiger partial charge in [0.05, 0.1) is 33.3 Å². The van der Waals surface area contributed by atoms with Gasteiger partial charge < -0.3 is 20.5 Å². The minimum atomic E-state index is -0.377.